The van der Waals surface area contributed by atoms with Crippen LogP contribution in [0.4, 0.5) is 0 Å². The SMILES string of the molecule is Cc1cc(Oc2ccc(Br)cc2Cl)ccc1CC(C)N. The lowest BCUT2D eigenvalue weighted by atomic mass is 10.0. The predicted molar refractivity (Wildman–Crippen MR) is 87.8 cm³/mol. The zero-order valence-electron chi connectivity index (χ0n) is 11.5. The van der Waals surface area contributed by atoms with Crippen LogP contribution in [-0.4, -0.2) is 6.04 Å². The molecule has 0 aliphatic rings. The van der Waals surface area contributed by atoms with E-state index in [1.54, 1.807) is 0 Å². The fourth-order valence-electron chi connectivity index (χ4n) is 1.99. The predicted octanol–water partition coefficient (Wildman–Crippen LogP) is 5.09. The lowest BCUT2D eigenvalue weighted by Crippen LogP contribution is -2.18. The van der Waals surface area contributed by atoms with Crippen LogP contribution in [0, 0.1) is 6.92 Å². The van der Waals surface area contributed by atoms with Crippen molar-refractivity contribution in [3.8, 4) is 11.5 Å². The van der Waals surface area contributed by atoms with Gasteiger partial charge in [0.1, 0.15) is 11.5 Å². The van der Waals surface area contributed by atoms with E-state index in [2.05, 4.69) is 28.9 Å². The molecule has 2 aromatic carbocycles. The van der Waals surface area contributed by atoms with E-state index in [1.807, 2.05) is 37.3 Å². The van der Waals surface area contributed by atoms with Crippen molar-refractivity contribution in [2.75, 3.05) is 0 Å². The second kappa shape index (κ2) is 6.61. The maximum absolute atomic E-state index is 6.15. The molecule has 2 N–H and O–H groups in total. The Labute approximate surface area is 133 Å². The van der Waals surface area contributed by atoms with E-state index in [0.717, 1.165) is 16.6 Å². The minimum absolute atomic E-state index is 0.154. The average molecular weight is 355 g/mol. The smallest absolute Gasteiger partial charge is 0.146 e. The summed E-state index contributed by atoms with van der Waals surface area (Å²) in [4.78, 5) is 0. The van der Waals surface area contributed by atoms with Crippen molar-refractivity contribution in [1.82, 2.24) is 0 Å². The third-order valence-corrected chi connectivity index (χ3v) is 3.77. The summed E-state index contributed by atoms with van der Waals surface area (Å²) in [5.41, 5.74) is 8.25. The summed E-state index contributed by atoms with van der Waals surface area (Å²) in [5.74, 6) is 1.43. The normalized spacial score (nSPS) is 12.2. The monoisotopic (exact) mass is 353 g/mol. The maximum atomic E-state index is 6.15. The third-order valence-electron chi connectivity index (χ3n) is 2.98. The topological polar surface area (TPSA) is 35.2 Å². The molecule has 0 saturated heterocycles. The quantitative estimate of drug-likeness (QED) is 0.829. The fraction of sp³-hybridized carbons (Fsp3) is 0.250. The van der Waals surface area contributed by atoms with Gasteiger partial charge in [0.2, 0.25) is 0 Å². The highest BCUT2D eigenvalue weighted by molar-refractivity contribution is 9.10. The minimum Gasteiger partial charge on any atom is -0.456 e. The molecule has 4 heteroatoms. The molecule has 2 rings (SSSR count). The van der Waals surface area contributed by atoms with Crippen LogP contribution in [0.1, 0.15) is 18.1 Å². The Morgan fingerprint density at radius 1 is 1.25 bits per heavy atom. The third kappa shape index (κ3) is 3.98. The van der Waals surface area contributed by atoms with E-state index in [1.165, 1.54) is 11.1 Å². The zero-order chi connectivity index (χ0) is 14.7. The highest BCUT2D eigenvalue weighted by Gasteiger charge is 2.07. The molecular formula is C16H17BrClNO. The molecule has 1 atom stereocenters. The largest absolute Gasteiger partial charge is 0.456 e. The van der Waals surface area contributed by atoms with Gasteiger partial charge < -0.3 is 10.5 Å². The van der Waals surface area contributed by atoms with E-state index in [4.69, 9.17) is 22.1 Å². The summed E-state index contributed by atoms with van der Waals surface area (Å²) in [6, 6.07) is 11.7. The first kappa shape index (κ1) is 15.4. The molecule has 0 radical (unpaired) electrons. The van der Waals surface area contributed by atoms with Crippen molar-refractivity contribution in [3.63, 3.8) is 0 Å². The van der Waals surface area contributed by atoms with Crippen LogP contribution in [0.5, 0.6) is 11.5 Å². The van der Waals surface area contributed by atoms with E-state index in [-0.39, 0.29) is 6.04 Å². The van der Waals surface area contributed by atoms with Gasteiger partial charge in [-0.25, -0.2) is 0 Å². The molecule has 106 valence electrons. The van der Waals surface area contributed by atoms with Gasteiger partial charge in [-0.1, -0.05) is 33.6 Å². The van der Waals surface area contributed by atoms with Crippen molar-refractivity contribution in [1.29, 1.82) is 0 Å². The molecule has 0 saturated carbocycles. The first-order chi connectivity index (χ1) is 9.45. The van der Waals surface area contributed by atoms with Gasteiger partial charge in [0.25, 0.3) is 0 Å². The van der Waals surface area contributed by atoms with E-state index in [0.29, 0.717) is 10.8 Å². The number of benzene rings is 2. The number of hydrogen-bond donors (Lipinski definition) is 1. The van der Waals surface area contributed by atoms with Gasteiger partial charge in [-0.3, -0.25) is 0 Å². The molecular weight excluding hydrogens is 338 g/mol. The van der Waals surface area contributed by atoms with Crippen molar-refractivity contribution in [3.05, 3.63) is 57.0 Å². The molecule has 0 aromatic heterocycles. The Kier molecular flexibility index (Phi) is 5.08. The van der Waals surface area contributed by atoms with Crippen molar-refractivity contribution >= 4 is 27.5 Å². The summed E-state index contributed by atoms with van der Waals surface area (Å²) in [6.07, 6.45) is 0.866. The molecule has 0 heterocycles. The first-order valence-corrected chi connectivity index (χ1v) is 7.61. The minimum atomic E-state index is 0.154. The van der Waals surface area contributed by atoms with Crippen LogP contribution in [0.3, 0.4) is 0 Å². The summed E-state index contributed by atoms with van der Waals surface area (Å²) < 4.78 is 6.75. The Morgan fingerprint density at radius 2 is 2.00 bits per heavy atom. The highest BCUT2D eigenvalue weighted by Crippen LogP contribution is 2.32. The zero-order valence-corrected chi connectivity index (χ0v) is 13.8. The number of hydrogen-bond acceptors (Lipinski definition) is 2. The Hall–Kier alpha value is -1.03. The number of nitrogens with two attached hydrogens (primary N) is 1. The maximum Gasteiger partial charge on any atom is 0.146 e. The van der Waals surface area contributed by atoms with Crippen molar-refractivity contribution in [2.45, 2.75) is 26.3 Å². The van der Waals surface area contributed by atoms with Crippen molar-refractivity contribution in [2.24, 2.45) is 5.73 Å². The molecule has 0 spiro atoms. The number of aryl methyl sites for hydroxylation is 1. The Balaban J connectivity index is 2.20. The van der Waals surface area contributed by atoms with E-state index in [9.17, 15) is 0 Å². The van der Waals surface area contributed by atoms with Crippen LogP contribution in [0.2, 0.25) is 5.02 Å². The summed E-state index contributed by atoms with van der Waals surface area (Å²) in [7, 11) is 0. The van der Waals surface area contributed by atoms with E-state index < -0.39 is 0 Å². The Morgan fingerprint density at radius 3 is 2.60 bits per heavy atom. The van der Waals surface area contributed by atoms with Gasteiger partial charge in [-0.05, 0) is 61.7 Å². The lowest BCUT2D eigenvalue weighted by Gasteiger charge is -2.12. The van der Waals surface area contributed by atoms with Crippen LogP contribution in [0.15, 0.2) is 40.9 Å². The van der Waals surface area contributed by atoms with Gasteiger partial charge in [0, 0.05) is 10.5 Å². The molecule has 2 aromatic rings. The number of halogens is 2. The van der Waals surface area contributed by atoms with Crippen LogP contribution in [-0.2, 0) is 6.42 Å². The average Bonchev–Trinajstić information content (AvgIpc) is 2.36. The second-order valence-electron chi connectivity index (χ2n) is 4.95. The molecule has 1 unspecified atom stereocenters. The second-order valence-corrected chi connectivity index (χ2v) is 6.27. The van der Waals surface area contributed by atoms with E-state index >= 15 is 0 Å². The van der Waals surface area contributed by atoms with Gasteiger partial charge in [0.15, 0.2) is 0 Å². The van der Waals surface area contributed by atoms with Gasteiger partial charge in [0.05, 0.1) is 5.02 Å². The number of ether oxygens (including phenoxy) is 1. The lowest BCUT2D eigenvalue weighted by molar-refractivity contribution is 0.482. The van der Waals surface area contributed by atoms with Gasteiger partial charge >= 0.3 is 0 Å². The standard InChI is InChI=1S/C16H17BrClNO/c1-10-7-14(5-3-12(10)8-11(2)19)20-16-6-4-13(17)9-15(16)18/h3-7,9,11H,8,19H2,1-2H3. The first-order valence-electron chi connectivity index (χ1n) is 6.43. The van der Waals surface area contributed by atoms with Crippen LogP contribution < -0.4 is 10.5 Å². The molecule has 0 fully saturated rings. The van der Waals surface area contributed by atoms with Crippen LogP contribution in [0.25, 0.3) is 0 Å². The van der Waals surface area contributed by atoms with Gasteiger partial charge in [-0.2, -0.15) is 0 Å². The summed E-state index contributed by atoms with van der Waals surface area (Å²) in [5, 5.41) is 0.580. The van der Waals surface area contributed by atoms with Gasteiger partial charge in [-0.15, -0.1) is 0 Å². The molecule has 20 heavy (non-hydrogen) atoms. The van der Waals surface area contributed by atoms with Crippen LogP contribution >= 0.6 is 27.5 Å². The summed E-state index contributed by atoms with van der Waals surface area (Å²) in [6.45, 7) is 4.07. The molecule has 0 amide bonds. The molecule has 2 nitrogen and oxygen atoms in total. The molecule has 0 aliphatic carbocycles. The molecule has 0 bridgehead atoms. The number of rotatable bonds is 4. The Bertz CT molecular complexity index is 613. The highest BCUT2D eigenvalue weighted by atomic mass is 79.9. The molecule has 0 aliphatic heterocycles. The summed E-state index contributed by atoms with van der Waals surface area (Å²) >= 11 is 9.52. The van der Waals surface area contributed by atoms with Crippen molar-refractivity contribution < 1.29 is 4.74 Å². The fourth-order valence-corrected chi connectivity index (χ4v) is 2.70.